The first kappa shape index (κ1) is 40.6. The van der Waals surface area contributed by atoms with E-state index in [1.165, 1.54) is 35.9 Å². The number of amides is 3. The highest BCUT2D eigenvalue weighted by Gasteiger charge is 2.33. The fourth-order valence-electron chi connectivity index (χ4n) is 5.12. The van der Waals surface area contributed by atoms with Crippen LogP contribution in [0.15, 0.2) is 40.4 Å². The number of aromatic nitrogens is 1. The molecule has 3 rings (SSSR count). The van der Waals surface area contributed by atoms with Crippen molar-refractivity contribution < 1.29 is 46.6 Å². The Labute approximate surface area is 294 Å². The van der Waals surface area contributed by atoms with Crippen LogP contribution >= 0.6 is 0 Å². The Morgan fingerprint density at radius 1 is 1.00 bits per heavy atom. The zero-order chi connectivity index (χ0) is 38.1. The van der Waals surface area contributed by atoms with E-state index in [1.54, 1.807) is 48.5 Å². The molecule has 3 amide bonds. The summed E-state index contributed by atoms with van der Waals surface area (Å²) in [6.07, 6.45) is -3.88. The number of anilines is 1. The van der Waals surface area contributed by atoms with Crippen LogP contribution in [0.4, 0.5) is 28.4 Å². The lowest BCUT2D eigenvalue weighted by Gasteiger charge is -2.26. The first-order chi connectivity index (χ1) is 23.6. The summed E-state index contributed by atoms with van der Waals surface area (Å²) in [6, 6.07) is 4.00. The van der Waals surface area contributed by atoms with E-state index in [0.29, 0.717) is 26.1 Å². The first-order valence-electron chi connectivity index (χ1n) is 16.4. The molecule has 0 aliphatic carbocycles. The quantitative estimate of drug-likeness (QED) is 0.109. The summed E-state index contributed by atoms with van der Waals surface area (Å²) in [6.45, 7) is 13.5. The number of alkyl carbamates (subject to hydrolysis) is 2. The van der Waals surface area contributed by atoms with Gasteiger partial charge in [-0.3, -0.25) is 20.2 Å². The van der Waals surface area contributed by atoms with Crippen LogP contribution in [-0.4, -0.2) is 66.2 Å². The van der Waals surface area contributed by atoms with Crippen LogP contribution in [0.25, 0.3) is 0 Å². The Kier molecular flexibility index (Phi) is 13.5. The van der Waals surface area contributed by atoms with E-state index in [9.17, 15) is 32.3 Å². The molecule has 17 heteroatoms. The Morgan fingerprint density at radius 3 is 2.14 bits per heavy atom. The molecule has 0 spiro atoms. The topological polar surface area (TPSA) is 171 Å². The number of rotatable bonds is 9. The van der Waals surface area contributed by atoms with Gasteiger partial charge < -0.3 is 34.2 Å². The van der Waals surface area contributed by atoms with Crippen molar-refractivity contribution in [1.29, 1.82) is 0 Å². The third-order valence-electron chi connectivity index (χ3n) is 7.31. The number of pyridine rings is 1. The standard InChI is InChI=1S/C34H47F3N6O8/c1-20-23(10-9-11-25(20)34(35,36)37)21(2)39-28(45)24-19-43(22-12-15-48-16-13-22)27(44)18-26(24)38-14-17-49-42-29(40-30(46)50-32(3,4)5)41-31(47)51-33(6,7)8/h9-11,18-19,21-22,38H,12-17H2,1-8H3,(H,39,45)(H2,40,41,42,46,47). The highest BCUT2D eigenvalue weighted by molar-refractivity contribution is 6.01. The van der Waals surface area contributed by atoms with Crippen molar-refractivity contribution in [2.75, 3.05) is 31.7 Å². The van der Waals surface area contributed by atoms with Crippen molar-refractivity contribution >= 4 is 29.7 Å². The van der Waals surface area contributed by atoms with Gasteiger partial charge in [0.25, 0.3) is 17.4 Å². The second-order valence-electron chi connectivity index (χ2n) is 13.9. The van der Waals surface area contributed by atoms with Crippen LogP contribution in [0.2, 0.25) is 0 Å². The average molecular weight is 725 g/mol. The van der Waals surface area contributed by atoms with Gasteiger partial charge in [0.15, 0.2) is 0 Å². The molecule has 1 fully saturated rings. The van der Waals surface area contributed by atoms with E-state index >= 15 is 0 Å². The Bertz CT molecular complexity index is 1610. The lowest BCUT2D eigenvalue weighted by molar-refractivity contribution is -0.138. The van der Waals surface area contributed by atoms with E-state index in [1.807, 2.05) is 0 Å². The Morgan fingerprint density at radius 2 is 1.59 bits per heavy atom. The maximum Gasteiger partial charge on any atom is 0.416 e. The van der Waals surface area contributed by atoms with Gasteiger partial charge in [0.05, 0.1) is 29.4 Å². The normalized spacial score (nSPS) is 14.5. The zero-order valence-electron chi connectivity index (χ0n) is 30.1. The zero-order valence-corrected chi connectivity index (χ0v) is 30.1. The fourth-order valence-corrected chi connectivity index (χ4v) is 5.12. The minimum Gasteiger partial charge on any atom is -0.444 e. The predicted octanol–water partition coefficient (Wildman–Crippen LogP) is 5.77. The van der Waals surface area contributed by atoms with Gasteiger partial charge in [-0.1, -0.05) is 12.1 Å². The summed E-state index contributed by atoms with van der Waals surface area (Å²) in [7, 11) is 0. The number of oxime groups is 1. The molecule has 0 radical (unpaired) electrons. The maximum absolute atomic E-state index is 13.7. The van der Waals surface area contributed by atoms with Crippen molar-refractivity contribution in [2.45, 2.75) is 97.7 Å². The molecule has 0 saturated carbocycles. The number of guanidine groups is 1. The molecule has 1 aromatic heterocycles. The molecule has 4 N–H and O–H groups in total. The van der Waals surface area contributed by atoms with Gasteiger partial charge in [0.1, 0.15) is 17.8 Å². The van der Waals surface area contributed by atoms with E-state index in [0.717, 1.165) is 6.07 Å². The highest BCUT2D eigenvalue weighted by atomic mass is 19.4. The molecule has 1 atom stereocenters. The Hall–Kier alpha value is -4.80. The summed E-state index contributed by atoms with van der Waals surface area (Å²) in [5.41, 5.74) is -2.40. The molecule has 2 aromatic rings. The van der Waals surface area contributed by atoms with Crippen LogP contribution in [0, 0.1) is 6.92 Å². The smallest absolute Gasteiger partial charge is 0.416 e. The second kappa shape index (κ2) is 16.9. The van der Waals surface area contributed by atoms with Crippen LogP contribution in [0.5, 0.6) is 0 Å². The lowest BCUT2D eigenvalue weighted by atomic mass is 9.97. The van der Waals surface area contributed by atoms with Crippen molar-refractivity contribution in [3.63, 3.8) is 0 Å². The molecular weight excluding hydrogens is 677 g/mol. The van der Waals surface area contributed by atoms with Gasteiger partial charge in [0, 0.05) is 31.5 Å². The van der Waals surface area contributed by atoms with Crippen molar-refractivity contribution in [2.24, 2.45) is 5.16 Å². The van der Waals surface area contributed by atoms with Gasteiger partial charge in [-0.2, -0.15) is 13.2 Å². The second-order valence-corrected chi connectivity index (χ2v) is 13.9. The van der Waals surface area contributed by atoms with Crippen LogP contribution in [0.1, 0.15) is 100 Å². The molecule has 51 heavy (non-hydrogen) atoms. The largest absolute Gasteiger partial charge is 0.444 e. The van der Waals surface area contributed by atoms with Crippen LogP contribution < -0.4 is 26.8 Å². The minimum atomic E-state index is -4.56. The summed E-state index contributed by atoms with van der Waals surface area (Å²) in [5.74, 6) is -1.05. The molecule has 282 valence electrons. The average Bonchev–Trinajstić information content (AvgIpc) is 2.98. The number of carbonyl (C=O) groups is 3. The molecular formula is C34H47F3N6O8. The number of carbonyl (C=O) groups excluding carboxylic acids is 3. The third kappa shape index (κ3) is 12.8. The molecule has 1 aliphatic rings. The molecule has 14 nitrogen and oxygen atoms in total. The summed E-state index contributed by atoms with van der Waals surface area (Å²) < 4.78 is 58.0. The predicted molar refractivity (Wildman–Crippen MR) is 182 cm³/mol. The van der Waals surface area contributed by atoms with Gasteiger partial charge in [-0.25, -0.2) is 9.59 Å². The van der Waals surface area contributed by atoms with Crippen LogP contribution in [-0.2, 0) is 25.2 Å². The SMILES string of the molecule is Cc1c(C(C)NC(=O)c2cn(C3CCOCC3)c(=O)cc2NCCON=C(NC(=O)OC(C)(C)C)NC(=O)OC(C)(C)C)cccc1C(F)(F)F. The fraction of sp³-hybridized carbons (Fsp3) is 0.559. The van der Waals surface area contributed by atoms with Gasteiger partial charge in [-0.05, 0) is 90.6 Å². The van der Waals surface area contributed by atoms with Gasteiger partial charge in [0.2, 0.25) is 0 Å². The van der Waals surface area contributed by atoms with E-state index in [2.05, 4.69) is 26.4 Å². The van der Waals surface area contributed by atoms with Gasteiger partial charge >= 0.3 is 18.4 Å². The summed E-state index contributed by atoms with van der Waals surface area (Å²) >= 11 is 0. The van der Waals surface area contributed by atoms with E-state index in [-0.39, 0.29) is 47.1 Å². The first-order valence-corrected chi connectivity index (χ1v) is 16.4. The number of hydrogen-bond donors (Lipinski definition) is 4. The monoisotopic (exact) mass is 724 g/mol. The Balaban J connectivity index is 1.81. The van der Waals surface area contributed by atoms with Crippen molar-refractivity contribution in [1.82, 2.24) is 20.5 Å². The molecule has 1 aromatic carbocycles. The van der Waals surface area contributed by atoms with E-state index in [4.69, 9.17) is 19.0 Å². The number of nitrogens with one attached hydrogen (secondary N) is 4. The van der Waals surface area contributed by atoms with Crippen molar-refractivity contribution in [3.8, 4) is 0 Å². The highest BCUT2D eigenvalue weighted by Crippen LogP contribution is 2.34. The minimum absolute atomic E-state index is 0.0114. The molecule has 2 heterocycles. The van der Waals surface area contributed by atoms with Crippen LogP contribution in [0.3, 0.4) is 0 Å². The number of hydrogen-bond acceptors (Lipinski definition) is 10. The molecule has 1 unspecified atom stereocenters. The third-order valence-corrected chi connectivity index (χ3v) is 7.31. The molecule has 0 bridgehead atoms. The maximum atomic E-state index is 13.7. The molecule has 1 saturated heterocycles. The summed E-state index contributed by atoms with van der Waals surface area (Å²) in [5, 5.41) is 14.1. The summed E-state index contributed by atoms with van der Waals surface area (Å²) in [4.78, 5) is 56.9. The van der Waals surface area contributed by atoms with E-state index < -0.39 is 53.0 Å². The number of halogens is 3. The number of nitrogens with zero attached hydrogens (tertiary/aromatic N) is 2. The number of ether oxygens (including phenoxy) is 3. The number of alkyl halides is 3. The van der Waals surface area contributed by atoms with Gasteiger partial charge in [-0.15, -0.1) is 0 Å². The van der Waals surface area contributed by atoms with Crippen molar-refractivity contribution in [3.05, 3.63) is 63.1 Å². The molecule has 1 aliphatic heterocycles. The number of benzene rings is 1. The lowest BCUT2D eigenvalue weighted by Crippen LogP contribution is -2.47.